The van der Waals surface area contributed by atoms with Crippen molar-refractivity contribution in [1.29, 1.82) is 0 Å². The molecule has 0 aliphatic rings. The van der Waals surface area contributed by atoms with E-state index in [-0.39, 0.29) is 42.0 Å². The molecule has 1 amide bonds. The third-order valence-electron chi connectivity index (χ3n) is 5.06. The standard InChI is InChI=1S/C21H24F3N5O4/c1-4-10-33-15-8-7-13(21(22,23)24)11-14(15)26-16(30)6-5-9-29-12-25-18-17(29)19(31)28(3)20(32)27(18)2/h7-8,11-12H,4-6,9-10H2,1-3H3,(H,26,30). The number of amides is 1. The Kier molecular flexibility index (Phi) is 6.94. The van der Waals surface area contributed by atoms with Crippen molar-refractivity contribution in [3.63, 3.8) is 0 Å². The molecule has 0 aliphatic carbocycles. The first-order valence-corrected chi connectivity index (χ1v) is 10.3. The minimum atomic E-state index is -4.56. The van der Waals surface area contributed by atoms with E-state index in [1.807, 2.05) is 6.92 Å². The van der Waals surface area contributed by atoms with E-state index in [0.717, 1.165) is 16.7 Å². The van der Waals surface area contributed by atoms with Crippen molar-refractivity contribution in [2.75, 3.05) is 11.9 Å². The summed E-state index contributed by atoms with van der Waals surface area (Å²) in [7, 11) is 2.87. The SMILES string of the molecule is CCCOc1ccc(C(F)(F)F)cc1NC(=O)CCCn1cnc2c1c(=O)n(C)c(=O)n2C. The number of hydrogen-bond acceptors (Lipinski definition) is 5. The fraction of sp³-hybridized carbons (Fsp3) is 0.429. The predicted octanol–water partition coefficient (Wildman–Crippen LogP) is 2.66. The first kappa shape index (κ1) is 24.1. The van der Waals surface area contributed by atoms with Gasteiger partial charge in [0.1, 0.15) is 5.75 Å². The summed E-state index contributed by atoms with van der Waals surface area (Å²) in [5.74, 6) is -0.344. The Hall–Kier alpha value is -3.57. The number of benzene rings is 1. The number of carbonyl (C=O) groups excluding carboxylic acids is 1. The molecule has 0 saturated heterocycles. The molecule has 0 radical (unpaired) electrons. The van der Waals surface area contributed by atoms with Gasteiger partial charge in [0, 0.05) is 27.1 Å². The molecule has 33 heavy (non-hydrogen) atoms. The molecule has 0 unspecified atom stereocenters. The normalized spacial score (nSPS) is 11.7. The number of halogens is 3. The number of nitrogens with one attached hydrogen (secondary N) is 1. The molecule has 0 aliphatic heterocycles. The summed E-state index contributed by atoms with van der Waals surface area (Å²) in [5, 5.41) is 2.49. The largest absolute Gasteiger partial charge is 0.491 e. The first-order valence-electron chi connectivity index (χ1n) is 10.3. The maximum atomic E-state index is 13.1. The van der Waals surface area contributed by atoms with Gasteiger partial charge in [-0.3, -0.25) is 18.7 Å². The zero-order chi connectivity index (χ0) is 24.3. The van der Waals surface area contributed by atoms with Crippen molar-refractivity contribution < 1.29 is 22.7 Å². The highest BCUT2D eigenvalue weighted by molar-refractivity contribution is 5.92. The molecule has 2 heterocycles. The highest BCUT2D eigenvalue weighted by atomic mass is 19.4. The van der Waals surface area contributed by atoms with Gasteiger partial charge in [-0.1, -0.05) is 6.92 Å². The van der Waals surface area contributed by atoms with Gasteiger partial charge in [-0.25, -0.2) is 9.78 Å². The van der Waals surface area contributed by atoms with E-state index >= 15 is 0 Å². The molecule has 2 aromatic heterocycles. The Balaban J connectivity index is 1.73. The van der Waals surface area contributed by atoms with Gasteiger partial charge in [0.25, 0.3) is 5.56 Å². The lowest BCUT2D eigenvalue weighted by Crippen LogP contribution is -2.37. The minimum absolute atomic E-state index is 0.0186. The van der Waals surface area contributed by atoms with Gasteiger partial charge in [-0.15, -0.1) is 0 Å². The Bertz CT molecular complexity index is 1290. The molecule has 1 aromatic carbocycles. The highest BCUT2D eigenvalue weighted by Crippen LogP contribution is 2.35. The van der Waals surface area contributed by atoms with Crippen molar-refractivity contribution in [3.8, 4) is 5.75 Å². The quantitative estimate of drug-likeness (QED) is 0.549. The van der Waals surface area contributed by atoms with Gasteiger partial charge in [-0.2, -0.15) is 13.2 Å². The average Bonchev–Trinajstić information content (AvgIpc) is 3.18. The van der Waals surface area contributed by atoms with Crippen LogP contribution in [0.2, 0.25) is 0 Å². The lowest BCUT2D eigenvalue weighted by molar-refractivity contribution is -0.137. The summed E-state index contributed by atoms with van der Waals surface area (Å²) in [6.45, 7) is 2.39. The van der Waals surface area contributed by atoms with Crippen molar-refractivity contribution >= 4 is 22.8 Å². The number of alkyl halides is 3. The Morgan fingerprint density at radius 2 is 1.91 bits per heavy atom. The smallest absolute Gasteiger partial charge is 0.416 e. The van der Waals surface area contributed by atoms with Crippen molar-refractivity contribution in [2.45, 2.75) is 38.9 Å². The average molecular weight is 467 g/mol. The highest BCUT2D eigenvalue weighted by Gasteiger charge is 2.31. The van der Waals surface area contributed by atoms with Gasteiger partial charge in [0.15, 0.2) is 11.2 Å². The number of hydrogen-bond donors (Lipinski definition) is 1. The van der Waals surface area contributed by atoms with Gasteiger partial charge in [0.05, 0.1) is 24.2 Å². The summed E-state index contributed by atoms with van der Waals surface area (Å²) in [4.78, 5) is 41.0. The molecule has 12 heteroatoms. The molecule has 1 N–H and O–H groups in total. The molecule has 3 aromatic rings. The summed E-state index contributed by atoms with van der Waals surface area (Å²) in [6.07, 6.45) is -2.23. The van der Waals surface area contributed by atoms with Crippen LogP contribution in [0.25, 0.3) is 11.2 Å². The summed E-state index contributed by atoms with van der Waals surface area (Å²) >= 11 is 0. The van der Waals surface area contributed by atoms with Crippen LogP contribution < -0.4 is 21.3 Å². The Morgan fingerprint density at radius 1 is 1.18 bits per heavy atom. The van der Waals surface area contributed by atoms with Crippen LogP contribution in [0.15, 0.2) is 34.1 Å². The number of aromatic nitrogens is 4. The molecule has 9 nitrogen and oxygen atoms in total. The number of imidazole rings is 1. The van der Waals surface area contributed by atoms with E-state index in [2.05, 4.69) is 10.3 Å². The van der Waals surface area contributed by atoms with Crippen LogP contribution in [0, 0.1) is 0 Å². The van der Waals surface area contributed by atoms with Crippen molar-refractivity contribution in [2.24, 2.45) is 14.1 Å². The van der Waals surface area contributed by atoms with Gasteiger partial charge < -0.3 is 14.6 Å². The van der Waals surface area contributed by atoms with Crippen LogP contribution in [0.5, 0.6) is 5.75 Å². The van der Waals surface area contributed by atoms with Crippen LogP contribution in [0.1, 0.15) is 31.7 Å². The summed E-state index contributed by atoms with van der Waals surface area (Å²) in [6, 6.07) is 2.93. The molecule has 0 bridgehead atoms. The molecule has 178 valence electrons. The van der Waals surface area contributed by atoms with Gasteiger partial charge in [0.2, 0.25) is 5.91 Å². The lowest BCUT2D eigenvalue weighted by Gasteiger charge is -2.15. The number of fused-ring (bicyclic) bond motifs is 1. The number of rotatable bonds is 8. The number of ether oxygens (including phenoxy) is 1. The monoisotopic (exact) mass is 467 g/mol. The maximum Gasteiger partial charge on any atom is 0.416 e. The fourth-order valence-corrected chi connectivity index (χ4v) is 3.33. The lowest BCUT2D eigenvalue weighted by atomic mass is 10.1. The van der Waals surface area contributed by atoms with Crippen LogP contribution in [-0.2, 0) is 31.6 Å². The third-order valence-corrected chi connectivity index (χ3v) is 5.06. The predicted molar refractivity (Wildman–Crippen MR) is 115 cm³/mol. The maximum absolute atomic E-state index is 13.1. The zero-order valence-electron chi connectivity index (χ0n) is 18.4. The second-order valence-corrected chi connectivity index (χ2v) is 7.52. The van der Waals surface area contributed by atoms with Crippen LogP contribution in [0.3, 0.4) is 0 Å². The topological polar surface area (TPSA) is 100 Å². The molecule has 3 rings (SSSR count). The second-order valence-electron chi connectivity index (χ2n) is 7.52. The van der Waals surface area contributed by atoms with Gasteiger partial charge >= 0.3 is 11.9 Å². The molecule has 0 saturated carbocycles. The summed E-state index contributed by atoms with van der Waals surface area (Å²) in [5.41, 5.74) is -1.49. The number of carbonyl (C=O) groups is 1. The van der Waals surface area contributed by atoms with Crippen LogP contribution in [-0.4, -0.2) is 31.2 Å². The molecule has 0 fully saturated rings. The van der Waals surface area contributed by atoms with Crippen LogP contribution in [0.4, 0.5) is 18.9 Å². The Labute approximate surface area is 186 Å². The van der Waals surface area contributed by atoms with E-state index in [1.165, 1.54) is 31.1 Å². The van der Waals surface area contributed by atoms with E-state index in [4.69, 9.17) is 4.74 Å². The number of nitrogens with zero attached hydrogens (tertiary/aromatic N) is 4. The molecular formula is C21H24F3N5O4. The zero-order valence-corrected chi connectivity index (χ0v) is 18.4. The van der Waals surface area contributed by atoms with E-state index in [9.17, 15) is 27.6 Å². The van der Waals surface area contributed by atoms with Crippen molar-refractivity contribution in [3.05, 3.63) is 50.9 Å². The molecule has 0 spiro atoms. The Morgan fingerprint density at radius 3 is 2.58 bits per heavy atom. The summed E-state index contributed by atoms with van der Waals surface area (Å²) < 4.78 is 48.5. The third kappa shape index (κ3) is 5.10. The van der Waals surface area contributed by atoms with E-state index < -0.39 is 28.9 Å². The number of anilines is 1. The van der Waals surface area contributed by atoms with Gasteiger partial charge in [-0.05, 0) is 31.0 Å². The van der Waals surface area contributed by atoms with E-state index in [0.29, 0.717) is 13.0 Å². The molecular weight excluding hydrogens is 443 g/mol. The molecule has 0 atom stereocenters. The first-order chi connectivity index (χ1) is 15.5. The number of aryl methyl sites for hydroxylation is 2. The van der Waals surface area contributed by atoms with E-state index in [1.54, 1.807) is 4.57 Å². The van der Waals surface area contributed by atoms with Crippen LogP contribution >= 0.6 is 0 Å². The fourth-order valence-electron chi connectivity index (χ4n) is 3.33. The minimum Gasteiger partial charge on any atom is -0.491 e. The second kappa shape index (κ2) is 9.51. The van der Waals surface area contributed by atoms with Crippen molar-refractivity contribution in [1.82, 2.24) is 18.7 Å².